The number of rotatable bonds is 9. The van der Waals surface area contributed by atoms with Crippen LogP contribution in [0.1, 0.15) is 85.6 Å². The van der Waals surface area contributed by atoms with Gasteiger partial charge in [-0.2, -0.15) is 18.3 Å². The number of aromatic nitrogens is 2. The summed E-state index contributed by atoms with van der Waals surface area (Å²) < 4.78 is 47.7. The monoisotopic (exact) mass is 590 g/mol. The third kappa shape index (κ3) is 6.12. The van der Waals surface area contributed by atoms with Crippen LogP contribution in [0.4, 0.5) is 19.0 Å². The molecule has 1 aliphatic rings. The minimum absolute atomic E-state index is 0.158. The molecule has 0 aliphatic carbocycles. The number of amides is 1. The van der Waals surface area contributed by atoms with E-state index < -0.39 is 22.8 Å². The first-order valence-electron chi connectivity index (χ1n) is 14.6. The summed E-state index contributed by atoms with van der Waals surface area (Å²) in [6, 6.07) is 22.7. The molecule has 2 N–H and O–H groups in total. The number of fused-ring (bicyclic) bond motifs is 1. The van der Waals surface area contributed by atoms with Gasteiger partial charge in [0.1, 0.15) is 23.7 Å². The van der Waals surface area contributed by atoms with Crippen molar-refractivity contribution in [3.8, 4) is 5.75 Å². The molecule has 6 nitrogen and oxygen atoms in total. The maximum atomic E-state index is 13.9. The Morgan fingerprint density at radius 1 is 0.977 bits per heavy atom. The Kier molecular flexibility index (Phi) is 8.27. The Hall–Kier alpha value is -4.27. The maximum absolute atomic E-state index is 13.9. The number of halogens is 3. The second kappa shape index (κ2) is 11.8. The number of nitrogens with zero attached hydrogens (tertiary/aromatic N) is 2. The summed E-state index contributed by atoms with van der Waals surface area (Å²) in [4.78, 5) is 13.9. The van der Waals surface area contributed by atoms with Crippen LogP contribution < -0.4 is 15.4 Å². The predicted octanol–water partition coefficient (Wildman–Crippen LogP) is 8.22. The molecule has 1 aliphatic heterocycles. The highest BCUT2D eigenvalue weighted by atomic mass is 19.4. The highest BCUT2D eigenvalue weighted by Crippen LogP contribution is 2.43. The molecule has 2 heterocycles. The molecular formula is C34H37F3N4O2. The molecule has 1 aromatic heterocycles. The van der Waals surface area contributed by atoms with Crippen molar-refractivity contribution >= 4 is 11.7 Å². The molecule has 5 rings (SSSR count). The molecule has 1 amide bonds. The van der Waals surface area contributed by atoms with Gasteiger partial charge in [0.15, 0.2) is 0 Å². The zero-order valence-electron chi connectivity index (χ0n) is 24.8. The molecule has 0 saturated carbocycles. The zero-order valence-corrected chi connectivity index (χ0v) is 24.8. The minimum Gasteiger partial charge on any atom is -0.489 e. The first-order valence-corrected chi connectivity index (χ1v) is 14.6. The van der Waals surface area contributed by atoms with E-state index in [-0.39, 0.29) is 11.9 Å². The van der Waals surface area contributed by atoms with Gasteiger partial charge in [0.05, 0.1) is 28.9 Å². The maximum Gasteiger partial charge on any atom is 0.416 e. The Balaban J connectivity index is 1.42. The van der Waals surface area contributed by atoms with Crippen molar-refractivity contribution in [1.29, 1.82) is 0 Å². The van der Waals surface area contributed by atoms with Crippen LogP contribution in [0.2, 0.25) is 0 Å². The number of nitrogens with one attached hydrogen (secondary N) is 2. The van der Waals surface area contributed by atoms with Crippen LogP contribution in [0.5, 0.6) is 5.75 Å². The number of para-hydroxylation sites is 1. The van der Waals surface area contributed by atoms with Crippen LogP contribution in [0, 0.1) is 0 Å². The Morgan fingerprint density at radius 2 is 1.60 bits per heavy atom. The lowest BCUT2D eigenvalue weighted by molar-refractivity contribution is -0.137. The smallest absolute Gasteiger partial charge is 0.416 e. The molecule has 0 spiro atoms. The van der Waals surface area contributed by atoms with Crippen molar-refractivity contribution in [2.45, 2.75) is 76.9 Å². The molecule has 1 atom stereocenters. The van der Waals surface area contributed by atoms with E-state index in [1.807, 2.05) is 73.1 Å². The van der Waals surface area contributed by atoms with Crippen molar-refractivity contribution < 1.29 is 22.7 Å². The summed E-state index contributed by atoms with van der Waals surface area (Å²) in [7, 11) is 0. The molecule has 3 aromatic carbocycles. The van der Waals surface area contributed by atoms with E-state index in [9.17, 15) is 18.0 Å². The molecule has 0 radical (unpaired) electrons. The fraction of sp³-hybridized carbons (Fsp3) is 0.353. The van der Waals surface area contributed by atoms with Crippen molar-refractivity contribution in [3.63, 3.8) is 0 Å². The molecule has 4 aromatic rings. The second-order valence-corrected chi connectivity index (χ2v) is 11.7. The molecule has 0 fully saturated rings. The van der Waals surface area contributed by atoms with E-state index in [1.54, 1.807) is 6.20 Å². The lowest BCUT2D eigenvalue weighted by atomic mass is 9.84. The first kappa shape index (κ1) is 30.2. The van der Waals surface area contributed by atoms with Crippen LogP contribution in [0.25, 0.3) is 0 Å². The number of anilines is 1. The molecular weight excluding hydrogens is 553 g/mol. The van der Waals surface area contributed by atoms with Crippen molar-refractivity contribution in [1.82, 2.24) is 15.1 Å². The van der Waals surface area contributed by atoms with E-state index in [1.165, 1.54) is 12.1 Å². The first-order chi connectivity index (χ1) is 20.5. The number of ether oxygens (including phenoxy) is 1. The van der Waals surface area contributed by atoms with Crippen LogP contribution in [-0.2, 0) is 23.9 Å². The molecule has 0 saturated heterocycles. The molecule has 1 unspecified atom stereocenters. The quantitative estimate of drug-likeness (QED) is 0.206. The van der Waals surface area contributed by atoms with Crippen molar-refractivity contribution in [2.75, 3.05) is 5.32 Å². The molecule has 9 heteroatoms. The number of hydrogen-bond donors (Lipinski definition) is 2. The van der Waals surface area contributed by atoms with E-state index in [4.69, 9.17) is 4.74 Å². The average Bonchev–Trinajstić information content (AvgIpc) is 3.44. The summed E-state index contributed by atoms with van der Waals surface area (Å²) in [5, 5.41) is 11.3. The van der Waals surface area contributed by atoms with Gasteiger partial charge in [-0.25, -0.2) is 4.68 Å². The van der Waals surface area contributed by atoms with Gasteiger partial charge in [-0.05, 0) is 62.4 Å². The molecule has 43 heavy (non-hydrogen) atoms. The fourth-order valence-corrected chi connectivity index (χ4v) is 5.91. The van der Waals surface area contributed by atoms with Gasteiger partial charge in [-0.3, -0.25) is 4.79 Å². The topological polar surface area (TPSA) is 68.2 Å². The van der Waals surface area contributed by atoms with Crippen LogP contribution >= 0.6 is 0 Å². The number of benzene rings is 3. The number of hydrogen-bond acceptors (Lipinski definition) is 4. The van der Waals surface area contributed by atoms with Gasteiger partial charge in [0.25, 0.3) is 5.91 Å². The third-order valence-corrected chi connectivity index (χ3v) is 8.46. The lowest BCUT2D eigenvalue weighted by Gasteiger charge is -2.39. The lowest BCUT2D eigenvalue weighted by Crippen LogP contribution is -2.45. The van der Waals surface area contributed by atoms with Gasteiger partial charge < -0.3 is 15.4 Å². The summed E-state index contributed by atoms with van der Waals surface area (Å²) >= 11 is 0. The van der Waals surface area contributed by atoms with Crippen LogP contribution in [-0.4, -0.2) is 15.7 Å². The van der Waals surface area contributed by atoms with Gasteiger partial charge in [-0.1, -0.05) is 74.5 Å². The summed E-state index contributed by atoms with van der Waals surface area (Å²) in [6.45, 7) is 8.42. The normalized spacial score (nSPS) is 16.2. The number of carbonyl (C=O) groups excluding carboxylic acids is 1. The largest absolute Gasteiger partial charge is 0.489 e. The number of carbonyl (C=O) groups is 1. The van der Waals surface area contributed by atoms with Gasteiger partial charge >= 0.3 is 6.18 Å². The van der Waals surface area contributed by atoms with Gasteiger partial charge in [0.2, 0.25) is 0 Å². The SMILES string of the molecule is CCC(CC)(NC(=O)c1cnn2c1NC(c1ccccc1OCc1ccccc1)CC2(C)C)c1ccc(C(F)(F)F)cc1. The zero-order chi connectivity index (χ0) is 30.8. The summed E-state index contributed by atoms with van der Waals surface area (Å²) in [6.07, 6.45) is -1.17. The molecule has 0 bridgehead atoms. The second-order valence-electron chi connectivity index (χ2n) is 11.7. The summed E-state index contributed by atoms with van der Waals surface area (Å²) in [5.74, 6) is 1.00. The highest BCUT2D eigenvalue weighted by molar-refractivity contribution is 5.99. The number of alkyl halides is 3. The van der Waals surface area contributed by atoms with Crippen LogP contribution in [0.15, 0.2) is 85.1 Å². The standard InChI is InChI=1S/C34H37F3N4O2/c1-5-33(6-2,24-16-18-25(19-17-24)34(35,36)37)40-31(42)27-21-38-41-30(27)39-28(20-32(41,3)4)26-14-10-11-15-29(26)43-22-23-12-8-7-9-13-23/h7-19,21,28,39H,5-6,20,22H2,1-4H3,(H,40,42). The predicted molar refractivity (Wildman–Crippen MR) is 161 cm³/mol. The summed E-state index contributed by atoms with van der Waals surface area (Å²) in [5.41, 5.74) is 1.05. The van der Waals surface area contributed by atoms with Gasteiger partial charge in [-0.15, -0.1) is 0 Å². The minimum atomic E-state index is -4.43. The third-order valence-electron chi connectivity index (χ3n) is 8.46. The van der Waals surface area contributed by atoms with E-state index in [2.05, 4.69) is 29.6 Å². The Bertz CT molecular complexity index is 1560. The van der Waals surface area contributed by atoms with E-state index >= 15 is 0 Å². The molecule has 226 valence electrons. The van der Waals surface area contributed by atoms with Crippen molar-refractivity contribution in [3.05, 3.63) is 113 Å². The Labute approximate surface area is 250 Å². The fourth-order valence-electron chi connectivity index (χ4n) is 5.91. The van der Waals surface area contributed by atoms with E-state index in [0.29, 0.717) is 42.8 Å². The average molecular weight is 591 g/mol. The Morgan fingerprint density at radius 3 is 2.26 bits per heavy atom. The van der Waals surface area contributed by atoms with E-state index in [0.717, 1.165) is 29.0 Å². The highest BCUT2D eigenvalue weighted by Gasteiger charge is 2.39. The van der Waals surface area contributed by atoms with Gasteiger partial charge in [0, 0.05) is 5.56 Å². The van der Waals surface area contributed by atoms with Crippen LogP contribution in [0.3, 0.4) is 0 Å². The van der Waals surface area contributed by atoms with Crippen molar-refractivity contribution in [2.24, 2.45) is 0 Å².